The number of aryl methyl sites for hydroxylation is 1. The minimum atomic E-state index is 0.150. The number of aromatic nitrogens is 1. The smallest absolute Gasteiger partial charge is 0.148 e. The Morgan fingerprint density at radius 3 is 2.77 bits per heavy atom. The molecule has 3 nitrogen and oxygen atoms in total. The molecule has 1 heterocycles. The van der Waals surface area contributed by atoms with E-state index < -0.39 is 0 Å². The summed E-state index contributed by atoms with van der Waals surface area (Å²) in [5.41, 5.74) is 2.41. The number of ketones is 1. The van der Waals surface area contributed by atoms with Crippen molar-refractivity contribution in [2.45, 2.75) is 84.0 Å². The summed E-state index contributed by atoms with van der Waals surface area (Å²) in [7, 11) is 0. The van der Waals surface area contributed by atoms with Gasteiger partial charge in [-0.3, -0.25) is 4.79 Å². The summed E-state index contributed by atoms with van der Waals surface area (Å²) < 4.78 is 5.55. The number of Topliss-reactive ketones (excluding diaryl/α,β-unsaturated/α-hetero) is 1. The van der Waals surface area contributed by atoms with Gasteiger partial charge in [-0.1, -0.05) is 50.6 Å². The van der Waals surface area contributed by atoms with Crippen molar-refractivity contribution in [1.82, 2.24) is 5.16 Å². The monoisotopic (exact) mass is 303 g/mol. The second-order valence-electron chi connectivity index (χ2n) is 7.77. The van der Waals surface area contributed by atoms with Crippen LogP contribution in [0.15, 0.2) is 4.52 Å². The quantitative estimate of drug-likeness (QED) is 0.809. The van der Waals surface area contributed by atoms with Crippen LogP contribution in [0.1, 0.15) is 82.2 Å². The van der Waals surface area contributed by atoms with E-state index in [4.69, 9.17) is 4.52 Å². The highest BCUT2D eigenvalue weighted by Crippen LogP contribution is 2.57. The lowest BCUT2D eigenvalue weighted by atomic mass is 9.71. The van der Waals surface area contributed by atoms with Crippen molar-refractivity contribution in [2.75, 3.05) is 0 Å². The number of carbonyl (C=O) groups excluding carboxylic acids is 1. The molecule has 122 valence electrons. The number of rotatable bonds is 3. The Morgan fingerprint density at radius 2 is 2.00 bits per heavy atom. The van der Waals surface area contributed by atoms with E-state index in [1.165, 1.54) is 56.9 Å². The third-order valence-corrected chi connectivity index (χ3v) is 5.93. The second kappa shape index (κ2) is 6.17. The third-order valence-electron chi connectivity index (χ3n) is 5.93. The van der Waals surface area contributed by atoms with Crippen LogP contribution >= 0.6 is 0 Å². The molecule has 0 saturated heterocycles. The molecule has 3 unspecified atom stereocenters. The number of nitrogens with zero attached hydrogens (tertiary/aromatic N) is 1. The van der Waals surface area contributed by atoms with Crippen molar-refractivity contribution in [1.29, 1.82) is 0 Å². The molecule has 0 radical (unpaired) electrons. The molecule has 3 atom stereocenters. The molecule has 0 spiro atoms. The lowest BCUT2D eigenvalue weighted by Crippen LogP contribution is -2.28. The molecule has 0 bridgehead atoms. The van der Waals surface area contributed by atoms with Crippen LogP contribution in [0.3, 0.4) is 0 Å². The molecule has 3 heteroatoms. The molecule has 0 aromatic carbocycles. The first-order valence-corrected chi connectivity index (χ1v) is 8.97. The van der Waals surface area contributed by atoms with E-state index in [-0.39, 0.29) is 11.2 Å². The molecule has 2 saturated carbocycles. The summed E-state index contributed by atoms with van der Waals surface area (Å²) >= 11 is 0. The maximum Gasteiger partial charge on any atom is 0.148 e. The summed E-state index contributed by atoms with van der Waals surface area (Å²) in [6, 6.07) is 0. The maximum absolute atomic E-state index is 11.6. The summed E-state index contributed by atoms with van der Waals surface area (Å²) in [5.74, 6) is 2.63. The predicted molar refractivity (Wildman–Crippen MR) is 86.9 cm³/mol. The van der Waals surface area contributed by atoms with E-state index in [2.05, 4.69) is 12.1 Å². The molecule has 1 aromatic rings. The fourth-order valence-electron chi connectivity index (χ4n) is 4.77. The number of fused-ring (bicyclic) bond motifs is 1. The molecular formula is C19H29NO2. The highest BCUT2D eigenvalue weighted by atomic mass is 16.5. The van der Waals surface area contributed by atoms with Crippen LogP contribution in [0.2, 0.25) is 0 Å². The number of hydrogen-bond acceptors (Lipinski definition) is 3. The Balaban J connectivity index is 1.92. The van der Waals surface area contributed by atoms with Gasteiger partial charge in [0.25, 0.3) is 0 Å². The Labute approximate surface area is 133 Å². The molecule has 1 aromatic heterocycles. The zero-order valence-corrected chi connectivity index (χ0v) is 14.3. The number of hydrogen-bond donors (Lipinski definition) is 0. The molecule has 3 rings (SSSR count). The van der Waals surface area contributed by atoms with E-state index in [1.54, 1.807) is 6.92 Å². The first-order valence-electron chi connectivity index (χ1n) is 8.97. The first kappa shape index (κ1) is 15.8. The van der Waals surface area contributed by atoms with Crippen molar-refractivity contribution in [2.24, 2.45) is 11.8 Å². The van der Waals surface area contributed by atoms with Gasteiger partial charge in [-0.25, -0.2) is 0 Å². The van der Waals surface area contributed by atoms with Gasteiger partial charge in [-0.05, 0) is 38.5 Å². The summed E-state index contributed by atoms with van der Waals surface area (Å²) in [6.07, 6.45) is 11.1. The van der Waals surface area contributed by atoms with Crippen molar-refractivity contribution < 1.29 is 9.32 Å². The van der Waals surface area contributed by atoms with Gasteiger partial charge in [0.05, 0.1) is 12.1 Å². The highest BCUT2D eigenvalue weighted by Gasteiger charge is 2.52. The van der Waals surface area contributed by atoms with E-state index in [9.17, 15) is 4.79 Å². The average molecular weight is 303 g/mol. The summed E-state index contributed by atoms with van der Waals surface area (Å²) in [4.78, 5) is 11.6. The fraction of sp³-hybridized carbons (Fsp3) is 0.789. The lowest BCUT2D eigenvalue weighted by Gasteiger charge is -2.32. The molecule has 2 aliphatic carbocycles. The highest BCUT2D eigenvalue weighted by molar-refractivity contribution is 5.78. The Morgan fingerprint density at radius 1 is 1.27 bits per heavy atom. The predicted octanol–water partition coefficient (Wildman–Crippen LogP) is 4.75. The van der Waals surface area contributed by atoms with Gasteiger partial charge >= 0.3 is 0 Å². The standard InChI is InChI=1S/C19H29NO2/c1-13(21)11-17-18(14(2)20-22-17)19(3)10-8-6-4-5-7-9-15-12-16(15)19/h15-16H,4-12H2,1-3H3. The zero-order chi connectivity index (χ0) is 15.7. The SMILES string of the molecule is CC(=O)Cc1onc(C)c1C1(C)CCCCCCCC2CC21. The van der Waals surface area contributed by atoms with E-state index >= 15 is 0 Å². The Bertz CT molecular complexity index is 548. The van der Waals surface area contributed by atoms with Crippen molar-refractivity contribution in [3.8, 4) is 0 Å². The van der Waals surface area contributed by atoms with Crippen LogP contribution in [-0.2, 0) is 16.6 Å². The third kappa shape index (κ3) is 3.00. The van der Waals surface area contributed by atoms with Crippen LogP contribution < -0.4 is 0 Å². The van der Waals surface area contributed by atoms with Crippen LogP contribution in [-0.4, -0.2) is 10.9 Å². The van der Waals surface area contributed by atoms with E-state index in [0.717, 1.165) is 23.3 Å². The number of carbonyl (C=O) groups is 1. The first-order chi connectivity index (χ1) is 10.5. The second-order valence-corrected chi connectivity index (χ2v) is 7.77. The van der Waals surface area contributed by atoms with Crippen LogP contribution in [0.5, 0.6) is 0 Å². The van der Waals surface area contributed by atoms with Gasteiger partial charge in [0.15, 0.2) is 0 Å². The van der Waals surface area contributed by atoms with Gasteiger partial charge in [0.1, 0.15) is 11.5 Å². The summed E-state index contributed by atoms with van der Waals surface area (Å²) in [5, 5.41) is 4.21. The van der Waals surface area contributed by atoms with Gasteiger partial charge in [0.2, 0.25) is 0 Å². The van der Waals surface area contributed by atoms with Crippen LogP contribution in [0.4, 0.5) is 0 Å². The molecule has 22 heavy (non-hydrogen) atoms. The summed E-state index contributed by atoms with van der Waals surface area (Å²) in [6.45, 7) is 6.09. The topological polar surface area (TPSA) is 43.1 Å². The van der Waals surface area contributed by atoms with Crippen molar-refractivity contribution in [3.63, 3.8) is 0 Å². The van der Waals surface area contributed by atoms with Gasteiger partial charge in [-0.15, -0.1) is 0 Å². The lowest BCUT2D eigenvalue weighted by molar-refractivity contribution is -0.116. The van der Waals surface area contributed by atoms with Gasteiger partial charge in [-0.2, -0.15) is 0 Å². The zero-order valence-electron chi connectivity index (χ0n) is 14.3. The molecule has 2 aliphatic rings. The van der Waals surface area contributed by atoms with Crippen molar-refractivity contribution >= 4 is 5.78 Å². The minimum absolute atomic E-state index is 0.150. The molecular weight excluding hydrogens is 274 g/mol. The Kier molecular flexibility index (Phi) is 4.42. The molecule has 0 amide bonds. The van der Waals surface area contributed by atoms with E-state index in [0.29, 0.717) is 6.42 Å². The minimum Gasteiger partial charge on any atom is -0.360 e. The maximum atomic E-state index is 11.6. The normalized spacial score (nSPS) is 32.3. The largest absolute Gasteiger partial charge is 0.360 e. The van der Waals surface area contributed by atoms with Crippen LogP contribution in [0, 0.1) is 18.8 Å². The van der Waals surface area contributed by atoms with Gasteiger partial charge in [0, 0.05) is 11.0 Å². The van der Waals surface area contributed by atoms with E-state index in [1.807, 2.05) is 6.92 Å². The molecule has 0 N–H and O–H groups in total. The van der Waals surface area contributed by atoms with Crippen LogP contribution in [0.25, 0.3) is 0 Å². The van der Waals surface area contributed by atoms with Gasteiger partial charge < -0.3 is 4.52 Å². The van der Waals surface area contributed by atoms with Crippen molar-refractivity contribution in [3.05, 3.63) is 17.0 Å². The average Bonchev–Trinajstić information content (AvgIpc) is 3.15. The fourth-order valence-corrected chi connectivity index (χ4v) is 4.77. The Hall–Kier alpha value is -1.12. The molecule has 0 aliphatic heterocycles. The molecule has 2 fully saturated rings.